The molecule has 1 aromatic rings. The lowest BCUT2D eigenvalue weighted by atomic mass is 10.3. The zero-order valence-corrected chi connectivity index (χ0v) is 11.0. The molecule has 0 aliphatic carbocycles. The van der Waals surface area contributed by atoms with E-state index in [0.717, 1.165) is 6.54 Å². The monoisotopic (exact) mass is 272 g/mol. The third-order valence-electron chi connectivity index (χ3n) is 2.83. The SMILES string of the molecule is COCCNCc1nnc(N2CCOC(CO)C2)o1. The van der Waals surface area contributed by atoms with Crippen LogP contribution in [0.25, 0.3) is 0 Å². The van der Waals surface area contributed by atoms with Crippen molar-refractivity contribution >= 4 is 6.01 Å². The molecule has 8 heteroatoms. The van der Waals surface area contributed by atoms with Crippen LogP contribution in [0.1, 0.15) is 5.89 Å². The first kappa shape index (κ1) is 14.2. The minimum absolute atomic E-state index is 0.00390. The lowest BCUT2D eigenvalue weighted by Crippen LogP contribution is -2.44. The number of nitrogens with zero attached hydrogens (tertiary/aromatic N) is 3. The molecule has 1 aliphatic rings. The van der Waals surface area contributed by atoms with E-state index in [2.05, 4.69) is 15.5 Å². The first-order valence-electron chi connectivity index (χ1n) is 6.33. The zero-order chi connectivity index (χ0) is 13.5. The number of rotatable bonds is 7. The van der Waals surface area contributed by atoms with Crippen molar-refractivity contribution in [1.29, 1.82) is 0 Å². The average Bonchev–Trinajstić information content (AvgIpc) is 2.92. The Hall–Kier alpha value is -1.22. The van der Waals surface area contributed by atoms with Gasteiger partial charge in [-0.25, -0.2) is 0 Å². The molecule has 0 amide bonds. The number of methoxy groups -OCH3 is 1. The Morgan fingerprint density at radius 1 is 1.53 bits per heavy atom. The fourth-order valence-corrected chi connectivity index (χ4v) is 1.82. The number of morpholine rings is 1. The number of nitrogens with one attached hydrogen (secondary N) is 1. The minimum atomic E-state index is -0.191. The van der Waals surface area contributed by atoms with Crippen LogP contribution in [0.5, 0.6) is 0 Å². The van der Waals surface area contributed by atoms with Gasteiger partial charge in [0.2, 0.25) is 5.89 Å². The van der Waals surface area contributed by atoms with Gasteiger partial charge in [0.25, 0.3) is 0 Å². The summed E-state index contributed by atoms with van der Waals surface area (Å²) in [5.74, 6) is 0.540. The van der Waals surface area contributed by atoms with Crippen LogP contribution in [0.4, 0.5) is 6.01 Å². The molecule has 1 aliphatic heterocycles. The lowest BCUT2D eigenvalue weighted by Gasteiger charge is -2.30. The highest BCUT2D eigenvalue weighted by Gasteiger charge is 2.23. The normalized spacial score (nSPS) is 19.9. The molecule has 1 atom stereocenters. The maximum atomic E-state index is 9.09. The van der Waals surface area contributed by atoms with Crippen molar-refractivity contribution in [3.8, 4) is 0 Å². The molecule has 1 saturated heterocycles. The topological polar surface area (TPSA) is 92.9 Å². The largest absolute Gasteiger partial charge is 0.407 e. The van der Waals surface area contributed by atoms with Gasteiger partial charge in [-0.2, -0.15) is 0 Å². The van der Waals surface area contributed by atoms with E-state index in [1.165, 1.54) is 0 Å². The van der Waals surface area contributed by atoms with Crippen molar-refractivity contribution < 1.29 is 19.0 Å². The molecule has 108 valence electrons. The second-order valence-electron chi connectivity index (χ2n) is 4.27. The summed E-state index contributed by atoms with van der Waals surface area (Å²) in [7, 11) is 1.66. The maximum absolute atomic E-state index is 9.09. The molecule has 2 N–H and O–H groups in total. The number of hydrogen-bond donors (Lipinski definition) is 2. The summed E-state index contributed by atoms with van der Waals surface area (Å²) in [6, 6.07) is 0.477. The fraction of sp³-hybridized carbons (Fsp3) is 0.818. The van der Waals surface area contributed by atoms with Gasteiger partial charge in [0.05, 0.1) is 39.0 Å². The molecule has 0 saturated carbocycles. The highest BCUT2D eigenvalue weighted by atomic mass is 16.5. The Balaban J connectivity index is 1.82. The van der Waals surface area contributed by atoms with E-state index in [1.54, 1.807) is 7.11 Å². The Bertz CT molecular complexity index is 373. The zero-order valence-electron chi connectivity index (χ0n) is 11.0. The van der Waals surface area contributed by atoms with Gasteiger partial charge in [-0.15, -0.1) is 5.10 Å². The number of aliphatic hydroxyl groups is 1. The second-order valence-corrected chi connectivity index (χ2v) is 4.27. The first-order chi connectivity index (χ1) is 9.33. The van der Waals surface area contributed by atoms with E-state index in [4.69, 9.17) is 19.0 Å². The maximum Gasteiger partial charge on any atom is 0.318 e. The predicted molar refractivity (Wildman–Crippen MR) is 66.9 cm³/mol. The van der Waals surface area contributed by atoms with Crippen LogP contribution < -0.4 is 10.2 Å². The molecule has 0 bridgehead atoms. The summed E-state index contributed by atoms with van der Waals surface area (Å²) in [6.07, 6.45) is -0.191. The number of ether oxygens (including phenoxy) is 2. The van der Waals surface area contributed by atoms with Gasteiger partial charge in [0.15, 0.2) is 0 Å². The molecule has 2 rings (SSSR count). The first-order valence-corrected chi connectivity index (χ1v) is 6.33. The fourth-order valence-electron chi connectivity index (χ4n) is 1.82. The van der Waals surface area contributed by atoms with Crippen molar-refractivity contribution in [2.45, 2.75) is 12.6 Å². The van der Waals surface area contributed by atoms with Gasteiger partial charge in [-0.3, -0.25) is 0 Å². The molecule has 2 heterocycles. The summed E-state index contributed by atoms with van der Waals surface area (Å²) in [5, 5.41) is 20.2. The van der Waals surface area contributed by atoms with E-state index in [9.17, 15) is 0 Å². The quantitative estimate of drug-likeness (QED) is 0.611. The molecule has 1 unspecified atom stereocenters. The summed E-state index contributed by atoms with van der Waals surface area (Å²) >= 11 is 0. The van der Waals surface area contributed by atoms with E-state index >= 15 is 0 Å². The summed E-state index contributed by atoms with van der Waals surface area (Å²) in [4.78, 5) is 1.93. The van der Waals surface area contributed by atoms with E-state index in [0.29, 0.717) is 44.8 Å². The van der Waals surface area contributed by atoms with Crippen LogP contribution in [0.2, 0.25) is 0 Å². The molecule has 1 fully saturated rings. The Morgan fingerprint density at radius 3 is 3.21 bits per heavy atom. The second kappa shape index (κ2) is 7.39. The van der Waals surface area contributed by atoms with Crippen LogP contribution in [-0.2, 0) is 16.0 Å². The van der Waals surface area contributed by atoms with Gasteiger partial charge >= 0.3 is 6.01 Å². The van der Waals surface area contributed by atoms with Crippen LogP contribution in [0, 0.1) is 0 Å². The lowest BCUT2D eigenvalue weighted by molar-refractivity contribution is 0.00224. The van der Waals surface area contributed by atoms with Crippen molar-refractivity contribution in [2.75, 3.05) is 51.5 Å². The molecule has 1 aromatic heterocycles. The van der Waals surface area contributed by atoms with Gasteiger partial charge < -0.3 is 29.2 Å². The Morgan fingerprint density at radius 2 is 2.42 bits per heavy atom. The van der Waals surface area contributed by atoms with Crippen molar-refractivity contribution in [3.63, 3.8) is 0 Å². The van der Waals surface area contributed by atoms with Crippen LogP contribution in [-0.4, -0.2) is 68.0 Å². The molecule has 19 heavy (non-hydrogen) atoms. The van der Waals surface area contributed by atoms with Crippen molar-refractivity contribution in [3.05, 3.63) is 5.89 Å². The Kier molecular flexibility index (Phi) is 5.52. The molecule has 8 nitrogen and oxygen atoms in total. The van der Waals surface area contributed by atoms with Crippen LogP contribution in [0.15, 0.2) is 4.42 Å². The molecule has 0 aromatic carbocycles. The average molecular weight is 272 g/mol. The highest BCUT2D eigenvalue weighted by Crippen LogP contribution is 2.15. The molecular formula is C11H20N4O4. The van der Waals surface area contributed by atoms with E-state index in [1.807, 2.05) is 4.90 Å². The third-order valence-corrected chi connectivity index (χ3v) is 2.83. The number of anilines is 1. The molecular weight excluding hydrogens is 252 g/mol. The van der Waals surface area contributed by atoms with E-state index in [-0.39, 0.29) is 12.7 Å². The minimum Gasteiger partial charge on any atom is -0.407 e. The summed E-state index contributed by atoms with van der Waals surface area (Å²) < 4.78 is 15.9. The summed E-state index contributed by atoms with van der Waals surface area (Å²) in [6.45, 7) is 3.70. The van der Waals surface area contributed by atoms with Crippen LogP contribution in [0.3, 0.4) is 0 Å². The van der Waals surface area contributed by atoms with Crippen molar-refractivity contribution in [1.82, 2.24) is 15.5 Å². The van der Waals surface area contributed by atoms with Gasteiger partial charge in [0, 0.05) is 20.2 Å². The smallest absolute Gasteiger partial charge is 0.318 e. The molecule has 0 radical (unpaired) electrons. The number of aliphatic hydroxyl groups excluding tert-OH is 1. The summed E-state index contributed by atoms with van der Waals surface area (Å²) in [5.41, 5.74) is 0. The third kappa shape index (κ3) is 4.13. The standard InChI is InChI=1S/C11H20N4O4/c1-17-4-2-12-6-10-13-14-11(19-10)15-3-5-18-9(7-15)8-16/h9,12,16H,2-8H2,1H3. The van der Waals surface area contributed by atoms with Gasteiger partial charge in [-0.05, 0) is 0 Å². The van der Waals surface area contributed by atoms with Crippen LogP contribution >= 0.6 is 0 Å². The van der Waals surface area contributed by atoms with Crippen molar-refractivity contribution in [2.24, 2.45) is 0 Å². The number of aromatic nitrogens is 2. The van der Waals surface area contributed by atoms with Gasteiger partial charge in [0.1, 0.15) is 0 Å². The van der Waals surface area contributed by atoms with Gasteiger partial charge in [-0.1, -0.05) is 5.10 Å². The highest BCUT2D eigenvalue weighted by molar-refractivity contribution is 5.25. The molecule has 0 spiro atoms. The van der Waals surface area contributed by atoms with E-state index < -0.39 is 0 Å². The number of hydrogen-bond acceptors (Lipinski definition) is 8. The Labute approximate surface area is 111 Å². The predicted octanol–water partition coefficient (Wildman–Crippen LogP) is -0.997.